The van der Waals surface area contributed by atoms with E-state index in [2.05, 4.69) is 26.6 Å². The first kappa shape index (κ1) is 26.0. The molecule has 0 saturated carbocycles. The van der Waals surface area contributed by atoms with Crippen LogP contribution < -0.4 is 20.3 Å². The Morgan fingerprint density at radius 3 is 2.36 bits per heavy atom. The minimum atomic E-state index is -0.0692. The van der Waals surface area contributed by atoms with Crippen LogP contribution in [0.4, 0.5) is 11.6 Å². The van der Waals surface area contributed by atoms with Crippen LogP contribution in [0.3, 0.4) is 0 Å². The maximum Gasteiger partial charge on any atom is 0.260 e. The SMILES string of the molecule is CC(=O)NCCNc1cc(N2CCN(C(=O)COc3ccc4ccccc4c3)CC2)nc(-c2ccccc2)n1. The third-order valence-electron chi connectivity index (χ3n) is 6.59. The molecule has 0 spiro atoms. The van der Waals surface area contributed by atoms with Crippen LogP contribution in [0.5, 0.6) is 5.75 Å². The average Bonchev–Trinajstić information content (AvgIpc) is 2.98. The first-order chi connectivity index (χ1) is 19.0. The van der Waals surface area contributed by atoms with Crippen molar-refractivity contribution in [3.05, 3.63) is 78.9 Å². The fraction of sp³-hybridized carbons (Fsp3) is 0.267. The Kier molecular flexibility index (Phi) is 8.16. The number of hydrogen-bond donors (Lipinski definition) is 2. The number of ether oxygens (including phenoxy) is 1. The van der Waals surface area contributed by atoms with E-state index in [0.717, 1.165) is 22.2 Å². The number of fused-ring (bicyclic) bond motifs is 1. The summed E-state index contributed by atoms with van der Waals surface area (Å²) >= 11 is 0. The summed E-state index contributed by atoms with van der Waals surface area (Å²) in [5.41, 5.74) is 0.920. The van der Waals surface area contributed by atoms with Gasteiger partial charge in [-0.15, -0.1) is 0 Å². The average molecular weight is 525 g/mol. The molecule has 1 aliphatic rings. The summed E-state index contributed by atoms with van der Waals surface area (Å²) in [5, 5.41) is 8.29. The topological polar surface area (TPSA) is 99.7 Å². The Bertz CT molecular complexity index is 1440. The van der Waals surface area contributed by atoms with Gasteiger partial charge >= 0.3 is 0 Å². The van der Waals surface area contributed by atoms with E-state index >= 15 is 0 Å². The number of nitrogens with one attached hydrogen (secondary N) is 2. The summed E-state index contributed by atoms with van der Waals surface area (Å²) in [6.45, 7) is 5.01. The minimum Gasteiger partial charge on any atom is -0.484 e. The number of rotatable bonds is 9. The van der Waals surface area contributed by atoms with Crippen LogP contribution in [-0.2, 0) is 9.59 Å². The minimum absolute atomic E-state index is 0.00632. The second kappa shape index (κ2) is 12.3. The quantitative estimate of drug-likeness (QED) is 0.323. The molecule has 0 unspecified atom stereocenters. The van der Waals surface area contributed by atoms with Crippen LogP contribution in [0.25, 0.3) is 22.2 Å². The Morgan fingerprint density at radius 2 is 1.59 bits per heavy atom. The van der Waals surface area contributed by atoms with Gasteiger partial charge in [-0.2, -0.15) is 0 Å². The lowest BCUT2D eigenvalue weighted by Gasteiger charge is -2.35. The van der Waals surface area contributed by atoms with Gasteiger partial charge in [0.25, 0.3) is 5.91 Å². The molecule has 2 amide bonds. The molecule has 0 radical (unpaired) electrons. The molecule has 5 rings (SSSR count). The Morgan fingerprint density at radius 1 is 0.846 bits per heavy atom. The van der Waals surface area contributed by atoms with Gasteiger partial charge in [-0.3, -0.25) is 9.59 Å². The van der Waals surface area contributed by atoms with Gasteiger partial charge in [-0.25, -0.2) is 9.97 Å². The highest BCUT2D eigenvalue weighted by Crippen LogP contribution is 2.24. The van der Waals surface area contributed by atoms with Gasteiger partial charge < -0.3 is 25.2 Å². The van der Waals surface area contributed by atoms with Gasteiger partial charge in [0, 0.05) is 57.8 Å². The monoisotopic (exact) mass is 524 g/mol. The van der Waals surface area contributed by atoms with Gasteiger partial charge in [-0.1, -0.05) is 60.7 Å². The number of carbonyl (C=O) groups excluding carboxylic acids is 2. The fourth-order valence-corrected chi connectivity index (χ4v) is 4.51. The molecule has 1 aliphatic heterocycles. The van der Waals surface area contributed by atoms with Crippen molar-refractivity contribution in [3.8, 4) is 17.1 Å². The zero-order chi connectivity index (χ0) is 27.0. The lowest BCUT2D eigenvalue weighted by Crippen LogP contribution is -2.50. The summed E-state index contributed by atoms with van der Waals surface area (Å²) in [6, 6.07) is 25.7. The second-order valence-electron chi connectivity index (χ2n) is 9.38. The predicted octanol–water partition coefficient (Wildman–Crippen LogP) is 3.57. The number of carbonyl (C=O) groups is 2. The van der Waals surface area contributed by atoms with E-state index in [1.807, 2.05) is 77.7 Å². The van der Waals surface area contributed by atoms with Crippen LogP contribution in [0, 0.1) is 0 Å². The number of hydrogen-bond acceptors (Lipinski definition) is 7. The molecule has 9 heteroatoms. The van der Waals surface area contributed by atoms with E-state index in [1.54, 1.807) is 0 Å². The molecule has 9 nitrogen and oxygen atoms in total. The van der Waals surface area contributed by atoms with Crippen molar-refractivity contribution in [3.63, 3.8) is 0 Å². The van der Waals surface area contributed by atoms with Crippen molar-refractivity contribution in [1.82, 2.24) is 20.2 Å². The third kappa shape index (κ3) is 6.81. The summed E-state index contributed by atoms with van der Waals surface area (Å²) < 4.78 is 5.82. The summed E-state index contributed by atoms with van der Waals surface area (Å²) in [5.74, 6) is 2.69. The van der Waals surface area contributed by atoms with Crippen LogP contribution in [-0.4, -0.2) is 72.6 Å². The maximum absolute atomic E-state index is 12.9. The Balaban J connectivity index is 1.21. The smallest absolute Gasteiger partial charge is 0.260 e. The molecule has 0 atom stereocenters. The molecule has 1 aromatic heterocycles. The lowest BCUT2D eigenvalue weighted by molar-refractivity contribution is -0.133. The molecule has 39 heavy (non-hydrogen) atoms. The van der Waals surface area contributed by atoms with E-state index in [0.29, 0.717) is 56.7 Å². The van der Waals surface area contributed by atoms with Gasteiger partial charge in [0.15, 0.2) is 12.4 Å². The van der Waals surface area contributed by atoms with E-state index in [1.165, 1.54) is 6.92 Å². The zero-order valence-corrected chi connectivity index (χ0v) is 22.0. The van der Waals surface area contributed by atoms with Crippen molar-refractivity contribution >= 4 is 34.2 Å². The standard InChI is InChI=1S/C30H32N6O3/c1-22(37)31-13-14-32-27-20-28(34-30(33-27)24-8-3-2-4-9-24)35-15-17-36(18-16-35)29(38)21-39-26-12-11-23-7-5-6-10-25(23)19-26/h2-12,19-20H,13-18,21H2,1H3,(H,31,37)(H,32,33,34). The van der Waals surface area contributed by atoms with Crippen LogP contribution in [0.15, 0.2) is 78.9 Å². The number of anilines is 2. The molecule has 2 heterocycles. The van der Waals surface area contributed by atoms with Gasteiger partial charge in [-0.05, 0) is 22.9 Å². The number of benzene rings is 3. The highest BCUT2D eigenvalue weighted by molar-refractivity contribution is 5.84. The van der Waals surface area contributed by atoms with Crippen LogP contribution in [0.2, 0.25) is 0 Å². The second-order valence-corrected chi connectivity index (χ2v) is 9.38. The number of nitrogens with zero attached hydrogens (tertiary/aromatic N) is 4. The fourth-order valence-electron chi connectivity index (χ4n) is 4.51. The summed E-state index contributed by atoms with van der Waals surface area (Å²) in [4.78, 5) is 37.6. The molecule has 1 saturated heterocycles. The van der Waals surface area contributed by atoms with Gasteiger partial charge in [0.1, 0.15) is 17.4 Å². The van der Waals surface area contributed by atoms with Crippen molar-refractivity contribution in [2.75, 3.05) is 56.1 Å². The van der Waals surface area contributed by atoms with E-state index in [4.69, 9.17) is 9.72 Å². The third-order valence-corrected chi connectivity index (χ3v) is 6.59. The molecule has 0 bridgehead atoms. The first-order valence-electron chi connectivity index (χ1n) is 13.1. The van der Waals surface area contributed by atoms with E-state index in [-0.39, 0.29) is 18.4 Å². The Hall–Kier alpha value is -4.66. The van der Waals surface area contributed by atoms with Crippen molar-refractivity contribution in [1.29, 1.82) is 0 Å². The number of amides is 2. The van der Waals surface area contributed by atoms with Gasteiger partial charge in [0.05, 0.1) is 0 Å². The first-order valence-corrected chi connectivity index (χ1v) is 13.1. The molecular formula is C30H32N6O3. The lowest BCUT2D eigenvalue weighted by atomic mass is 10.1. The van der Waals surface area contributed by atoms with Gasteiger partial charge in [0.2, 0.25) is 5.91 Å². The molecular weight excluding hydrogens is 492 g/mol. The number of aromatic nitrogens is 2. The van der Waals surface area contributed by atoms with Crippen molar-refractivity contribution in [2.45, 2.75) is 6.92 Å². The van der Waals surface area contributed by atoms with Crippen molar-refractivity contribution < 1.29 is 14.3 Å². The summed E-state index contributed by atoms with van der Waals surface area (Å²) in [6.07, 6.45) is 0. The molecule has 2 N–H and O–H groups in total. The van der Waals surface area contributed by atoms with Crippen LogP contribution >= 0.6 is 0 Å². The highest BCUT2D eigenvalue weighted by Gasteiger charge is 2.23. The molecule has 200 valence electrons. The Labute approximate surface area is 227 Å². The molecule has 0 aliphatic carbocycles. The van der Waals surface area contributed by atoms with E-state index < -0.39 is 0 Å². The zero-order valence-electron chi connectivity index (χ0n) is 22.0. The maximum atomic E-state index is 12.9. The predicted molar refractivity (Wildman–Crippen MR) is 153 cm³/mol. The normalized spacial score (nSPS) is 13.3. The molecule has 1 fully saturated rings. The molecule has 4 aromatic rings. The summed E-state index contributed by atoms with van der Waals surface area (Å²) in [7, 11) is 0. The largest absolute Gasteiger partial charge is 0.484 e. The van der Waals surface area contributed by atoms with E-state index in [9.17, 15) is 9.59 Å². The molecule has 3 aromatic carbocycles. The number of piperazine rings is 1. The van der Waals surface area contributed by atoms with Crippen molar-refractivity contribution in [2.24, 2.45) is 0 Å². The van der Waals surface area contributed by atoms with Crippen LogP contribution in [0.1, 0.15) is 6.92 Å². The highest BCUT2D eigenvalue weighted by atomic mass is 16.5.